The van der Waals surface area contributed by atoms with Gasteiger partial charge in [-0.25, -0.2) is 13.1 Å². The summed E-state index contributed by atoms with van der Waals surface area (Å²) in [6, 6.07) is 5.47. The molecule has 0 aliphatic carbocycles. The van der Waals surface area contributed by atoms with Crippen molar-refractivity contribution in [2.75, 3.05) is 12.3 Å². The molecule has 1 heterocycles. The summed E-state index contributed by atoms with van der Waals surface area (Å²) >= 11 is 0. The molecule has 5 nitrogen and oxygen atoms in total. The van der Waals surface area contributed by atoms with Crippen molar-refractivity contribution < 1.29 is 8.42 Å². The minimum Gasteiger partial charge on any atom is -0.330 e. The van der Waals surface area contributed by atoms with Crippen molar-refractivity contribution in [3.05, 3.63) is 30.1 Å². The number of sulfonamides is 1. The van der Waals surface area contributed by atoms with Gasteiger partial charge in [-0.3, -0.25) is 4.98 Å². The predicted molar refractivity (Wildman–Crippen MR) is 72.6 cm³/mol. The van der Waals surface area contributed by atoms with Gasteiger partial charge in [0.05, 0.1) is 5.75 Å². The molecule has 0 spiro atoms. The minimum atomic E-state index is -3.31. The van der Waals surface area contributed by atoms with E-state index < -0.39 is 15.6 Å². The van der Waals surface area contributed by atoms with Crippen LogP contribution in [0.15, 0.2) is 24.4 Å². The van der Waals surface area contributed by atoms with Gasteiger partial charge in [0.2, 0.25) is 10.0 Å². The summed E-state index contributed by atoms with van der Waals surface area (Å²) in [5, 5.41) is 0. The Labute approximate surface area is 109 Å². The first kappa shape index (κ1) is 15.1. The van der Waals surface area contributed by atoms with Gasteiger partial charge >= 0.3 is 0 Å². The molecule has 0 fully saturated rings. The number of pyridine rings is 1. The van der Waals surface area contributed by atoms with Crippen LogP contribution in [0.25, 0.3) is 0 Å². The Morgan fingerprint density at radius 2 is 2.11 bits per heavy atom. The number of aromatic nitrogens is 1. The second-order valence-corrected chi connectivity index (χ2v) is 6.76. The summed E-state index contributed by atoms with van der Waals surface area (Å²) in [5.41, 5.74) is 5.73. The van der Waals surface area contributed by atoms with Gasteiger partial charge in [-0.1, -0.05) is 6.07 Å². The van der Waals surface area contributed by atoms with Crippen molar-refractivity contribution in [3.8, 4) is 0 Å². The van der Waals surface area contributed by atoms with Crippen LogP contribution in [-0.2, 0) is 16.4 Å². The third-order valence-electron chi connectivity index (χ3n) is 2.55. The maximum absolute atomic E-state index is 11.9. The fraction of sp³-hybridized carbons (Fsp3) is 0.583. The van der Waals surface area contributed by atoms with E-state index in [4.69, 9.17) is 5.73 Å². The zero-order valence-corrected chi connectivity index (χ0v) is 11.7. The normalized spacial score (nSPS) is 12.6. The monoisotopic (exact) mass is 271 g/mol. The van der Waals surface area contributed by atoms with E-state index in [2.05, 4.69) is 9.71 Å². The summed E-state index contributed by atoms with van der Waals surface area (Å²) in [7, 11) is -3.31. The maximum atomic E-state index is 11.9. The van der Waals surface area contributed by atoms with E-state index in [9.17, 15) is 8.42 Å². The fourth-order valence-electron chi connectivity index (χ4n) is 1.67. The van der Waals surface area contributed by atoms with Crippen molar-refractivity contribution in [1.82, 2.24) is 9.71 Å². The molecule has 0 bridgehead atoms. The van der Waals surface area contributed by atoms with Crippen molar-refractivity contribution >= 4 is 10.0 Å². The number of aryl methyl sites for hydroxylation is 1. The molecule has 0 atom stereocenters. The Kier molecular flexibility index (Phi) is 5.25. The molecule has 0 saturated heterocycles. The Bertz CT molecular complexity index is 457. The lowest BCUT2D eigenvalue weighted by molar-refractivity contribution is 0.428. The Morgan fingerprint density at radius 1 is 1.39 bits per heavy atom. The molecule has 6 heteroatoms. The van der Waals surface area contributed by atoms with Gasteiger partial charge in [0, 0.05) is 23.9 Å². The van der Waals surface area contributed by atoms with E-state index in [1.54, 1.807) is 12.3 Å². The van der Waals surface area contributed by atoms with Crippen LogP contribution in [0.5, 0.6) is 0 Å². The van der Waals surface area contributed by atoms with Crippen LogP contribution in [0.3, 0.4) is 0 Å². The average molecular weight is 271 g/mol. The Hall–Kier alpha value is -0.980. The van der Waals surface area contributed by atoms with Crippen molar-refractivity contribution in [2.45, 2.75) is 32.2 Å². The van der Waals surface area contributed by atoms with Gasteiger partial charge in [-0.2, -0.15) is 0 Å². The third kappa shape index (κ3) is 5.57. The fourth-order valence-corrected chi connectivity index (χ4v) is 3.19. The minimum absolute atomic E-state index is 0.0397. The molecule has 0 radical (unpaired) electrons. The standard InChI is InChI=1S/C12H21N3O2S/c1-12(2,7-8-13)15-18(16,17)10-6-11-5-3-4-9-14-11/h3-5,9,15H,6-8,10,13H2,1-2H3. The smallest absolute Gasteiger partial charge is 0.212 e. The van der Waals surface area contributed by atoms with Gasteiger partial charge in [-0.15, -0.1) is 0 Å². The van der Waals surface area contributed by atoms with E-state index in [0.29, 0.717) is 19.4 Å². The van der Waals surface area contributed by atoms with Crippen LogP contribution in [-0.4, -0.2) is 31.2 Å². The second-order valence-electron chi connectivity index (χ2n) is 4.91. The van der Waals surface area contributed by atoms with E-state index in [1.165, 1.54) is 0 Å². The van der Waals surface area contributed by atoms with E-state index in [0.717, 1.165) is 5.69 Å². The Balaban J connectivity index is 2.55. The maximum Gasteiger partial charge on any atom is 0.212 e. The predicted octanol–water partition coefficient (Wildman–Crippen LogP) is 0.671. The van der Waals surface area contributed by atoms with Gasteiger partial charge in [0.15, 0.2) is 0 Å². The summed E-state index contributed by atoms with van der Waals surface area (Å²) in [4.78, 5) is 4.10. The van der Waals surface area contributed by atoms with Crippen molar-refractivity contribution in [1.29, 1.82) is 0 Å². The molecule has 0 aliphatic rings. The molecular formula is C12H21N3O2S. The molecule has 1 aromatic rings. The van der Waals surface area contributed by atoms with Crippen LogP contribution in [0.1, 0.15) is 26.0 Å². The first-order valence-electron chi connectivity index (χ1n) is 5.96. The molecule has 0 aromatic carbocycles. The van der Waals surface area contributed by atoms with Crippen molar-refractivity contribution in [3.63, 3.8) is 0 Å². The van der Waals surface area contributed by atoms with Crippen molar-refractivity contribution in [2.24, 2.45) is 5.73 Å². The summed E-state index contributed by atoms with van der Waals surface area (Å²) < 4.78 is 26.5. The van der Waals surface area contributed by atoms with E-state index in [-0.39, 0.29) is 5.75 Å². The third-order valence-corrected chi connectivity index (χ3v) is 4.16. The zero-order valence-electron chi connectivity index (χ0n) is 10.9. The molecule has 1 rings (SSSR count). The molecule has 102 valence electrons. The lowest BCUT2D eigenvalue weighted by Crippen LogP contribution is -2.45. The van der Waals surface area contributed by atoms with Gasteiger partial charge in [0.1, 0.15) is 0 Å². The SMILES string of the molecule is CC(C)(CCN)NS(=O)(=O)CCc1ccccn1. The average Bonchev–Trinajstić information content (AvgIpc) is 2.26. The highest BCUT2D eigenvalue weighted by Gasteiger charge is 2.23. The summed E-state index contributed by atoms with van der Waals surface area (Å²) in [5.74, 6) is 0.0397. The molecule has 0 unspecified atom stereocenters. The number of nitrogens with two attached hydrogens (primary N) is 1. The number of hydrogen-bond donors (Lipinski definition) is 2. The highest BCUT2D eigenvalue weighted by Crippen LogP contribution is 2.09. The Morgan fingerprint density at radius 3 is 2.67 bits per heavy atom. The summed E-state index contributed by atoms with van der Waals surface area (Å²) in [6.07, 6.45) is 2.68. The lowest BCUT2D eigenvalue weighted by atomic mass is 10.0. The van der Waals surface area contributed by atoms with E-state index in [1.807, 2.05) is 26.0 Å². The van der Waals surface area contributed by atoms with E-state index >= 15 is 0 Å². The second kappa shape index (κ2) is 6.26. The quantitative estimate of drug-likeness (QED) is 0.763. The molecular weight excluding hydrogens is 250 g/mol. The van der Waals surface area contributed by atoms with Crippen LogP contribution < -0.4 is 10.5 Å². The van der Waals surface area contributed by atoms with Gasteiger partial charge in [-0.05, 0) is 38.9 Å². The van der Waals surface area contributed by atoms with Gasteiger partial charge in [0.25, 0.3) is 0 Å². The number of hydrogen-bond acceptors (Lipinski definition) is 4. The molecule has 3 N–H and O–H groups in total. The van der Waals surface area contributed by atoms with Crippen LogP contribution >= 0.6 is 0 Å². The van der Waals surface area contributed by atoms with Gasteiger partial charge < -0.3 is 5.73 Å². The highest BCUT2D eigenvalue weighted by molar-refractivity contribution is 7.89. The topological polar surface area (TPSA) is 85.1 Å². The van der Waals surface area contributed by atoms with Crippen LogP contribution in [0.2, 0.25) is 0 Å². The zero-order chi connectivity index (χ0) is 13.6. The molecule has 18 heavy (non-hydrogen) atoms. The van der Waals surface area contributed by atoms with Crippen LogP contribution in [0.4, 0.5) is 0 Å². The summed E-state index contributed by atoms with van der Waals surface area (Å²) in [6.45, 7) is 4.12. The molecule has 1 aromatic heterocycles. The van der Waals surface area contributed by atoms with Crippen LogP contribution in [0, 0.1) is 0 Å². The number of rotatable bonds is 7. The molecule has 0 saturated carbocycles. The molecule has 0 amide bonds. The highest BCUT2D eigenvalue weighted by atomic mass is 32.2. The number of nitrogens with zero attached hydrogens (tertiary/aromatic N) is 1. The largest absolute Gasteiger partial charge is 0.330 e. The first-order chi connectivity index (χ1) is 8.35. The molecule has 0 aliphatic heterocycles. The first-order valence-corrected chi connectivity index (χ1v) is 7.61. The number of nitrogens with one attached hydrogen (secondary N) is 1. The lowest BCUT2D eigenvalue weighted by Gasteiger charge is -2.25.